The number of benzene rings is 1. The van der Waals surface area contributed by atoms with Crippen molar-refractivity contribution in [3.05, 3.63) is 35.3 Å². The van der Waals surface area contributed by atoms with E-state index < -0.39 is 31.0 Å². The molecule has 7 heteroatoms. The molecule has 134 valence electrons. The zero-order chi connectivity index (χ0) is 18.6. The van der Waals surface area contributed by atoms with Crippen LogP contribution in [0.3, 0.4) is 0 Å². The first kappa shape index (κ1) is 18.5. The van der Waals surface area contributed by atoms with Gasteiger partial charge in [0.25, 0.3) is 0 Å². The van der Waals surface area contributed by atoms with Gasteiger partial charge >= 0.3 is 14.2 Å². The van der Waals surface area contributed by atoms with Gasteiger partial charge in [-0.3, -0.25) is 0 Å². The van der Waals surface area contributed by atoms with Crippen LogP contribution in [-0.2, 0) is 14.0 Å². The molecule has 5 nitrogen and oxygen atoms in total. The van der Waals surface area contributed by atoms with Crippen LogP contribution in [-0.4, -0.2) is 43.2 Å². The van der Waals surface area contributed by atoms with E-state index in [1.54, 1.807) is 7.11 Å². The van der Waals surface area contributed by atoms with Crippen molar-refractivity contribution in [2.75, 3.05) is 7.11 Å². The first-order valence-corrected chi connectivity index (χ1v) is 8.59. The van der Waals surface area contributed by atoms with Gasteiger partial charge in [-0.15, -0.1) is 0 Å². The molecule has 0 bridgehead atoms. The number of rotatable bonds is 3. The predicted octanol–water partition coefficient (Wildman–Crippen LogP) is 2.91. The van der Waals surface area contributed by atoms with Gasteiger partial charge in [-0.1, -0.05) is 18.2 Å². The van der Waals surface area contributed by atoms with Gasteiger partial charge in [0.15, 0.2) is 0 Å². The minimum absolute atomic E-state index is 0.472. The summed E-state index contributed by atoms with van der Waals surface area (Å²) >= 11 is 0. The van der Waals surface area contributed by atoms with Crippen LogP contribution in [0, 0.1) is 0 Å². The van der Waals surface area contributed by atoms with Gasteiger partial charge in [0, 0.05) is 5.56 Å². The van der Waals surface area contributed by atoms with Crippen molar-refractivity contribution in [2.24, 2.45) is 0 Å². The second-order valence-electron chi connectivity index (χ2n) is 8.10. The largest absolute Gasteiger partial charge is 0.496 e. The van der Waals surface area contributed by atoms with Gasteiger partial charge in [-0.2, -0.15) is 0 Å². The molecule has 1 aromatic rings. The quantitative estimate of drug-likeness (QED) is 0.855. The Kier molecular flexibility index (Phi) is 4.35. The van der Waals surface area contributed by atoms with Crippen molar-refractivity contribution in [1.82, 2.24) is 0 Å². The number of para-hydroxylation sites is 1. The van der Waals surface area contributed by atoms with Crippen molar-refractivity contribution in [3.8, 4) is 5.75 Å². The molecule has 0 unspecified atom stereocenters. The highest BCUT2D eigenvalue weighted by atomic mass is 16.7. The first-order chi connectivity index (χ1) is 11.5. The lowest BCUT2D eigenvalue weighted by atomic mass is 9.62. The Morgan fingerprint density at radius 2 is 1.48 bits per heavy atom. The highest BCUT2D eigenvalue weighted by Crippen LogP contribution is 2.47. The number of methoxy groups -OCH3 is 1. The van der Waals surface area contributed by atoms with E-state index in [0.29, 0.717) is 11.2 Å². The van der Waals surface area contributed by atoms with Crippen LogP contribution in [0.2, 0.25) is 0 Å². The number of ether oxygens (including phenoxy) is 1. The Labute approximate surface area is 150 Å². The van der Waals surface area contributed by atoms with Gasteiger partial charge in [-0.05, 0) is 58.6 Å². The smallest absolute Gasteiger partial charge is 0.493 e. The fourth-order valence-electron chi connectivity index (χ4n) is 3.38. The summed E-state index contributed by atoms with van der Waals surface area (Å²) in [7, 11) is -0.0568. The molecular formula is C18H26B2O5. The van der Waals surface area contributed by atoms with Gasteiger partial charge in [0.1, 0.15) is 5.75 Å². The van der Waals surface area contributed by atoms with E-state index in [2.05, 4.69) is 0 Å². The van der Waals surface area contributed by atoms with E-state index in [4.69, 9.17) is 18.7 Å². The summed E-state index contributed by atoms with van der Waals surface area (Å²) in [6.45, 7) is 11.9. The molecule has 0 spiro atoms. The minimum Gasteiger partial charge on any atom is -0.496 e. The van der Waals surface area contributed by atoms with Crippen LogP contribution in [0.25, 0.3) is 5.47 Å². The van der Waals surface area contributed by atoms with Crippen molar-refractivity contribution in [1.29, 1.82) is 0 Å². The van der Waals surface area contributed by atoms with Gasteiger partial charge in [-0.25, -0.2) is 0 Å². The van der Waals surface area contributed by atoms with E-state index in [1.807, 2.05) is 65.8 Å². The third kappa shape index (κ3) is 2.93. The molecule has 3 rings (SSSR count). The average Bonchev–Trinajstić information content (AvgIpc) is 2.86. The maximum Gasteiger partial charge on any atom is 0.493 e. The molecule has 2 aliphatic rings. The minimum atomic E-state index is -1.07. The third-order valence-corrected chi connectivity index (χ3v) is 5.48. The molecule has 25 heavy (non-hydrogen) atoms. The molecule has 1 saturated heterocycles. The number of hydrogen-bond acceptors (Lipinski definition) is 5. The highest BCUT2D eigenvalue weighted by molar-refractivity contribution is 6.75. The lowest BCUT2D eigenvalue weighted by Crippen LogP contribution is -2.41. The van der Waals surface area contributed by atoms with Crippen LogP contribution < -0.4 is 4.74 Å². The molecule has 1 fully saturated rings. The van der Waals surface area contributed by atoms with Gasteiger partial charge in [0.05, 0.1) is 23.9 Å². The first-order valence-electron chi connectivity index (χ1n) is 8.59. The summed E-state index contributed by atoms with van der Waals surface area (Å²) < 4.78 is 23.8. The molecule has 0 amide bonds. The van der Waals surface area contributed by atoms with Crippen molar-refractivity contribution in [2.45, 2.75) is 58.3 Å². The van der Waals surface area contributed by atoms with Gasteiger partial charge in [0.2, 0.25) is 0 Å². The van der Waals surface area contributed by atoms with Crippen molar-refractivity contribution in [3.63, 3.8) is 0 Å². The van der Waals surface area contributed by atoms with E-state index in [0.717, 1.165) is 11.0 Å². The fraction of sp³-hybridized carbons (Fsp3) is 0.556. The summed E-state index contributed by atoms with van der Waals surface area (Å²) in [6, 6.07) is 7.57. The Hall–Kier alpha value is -1.27. The Morgan fingerprint density at radius 3 is 2.04 bits per heavy atom. The van der Waals surface area contributed by atoms with Crippen LogP contribution in [0.4, 0.5) is 0 Å². The Bertz CT molecular complexity index is 695. The van der Waals surface area contributed by atoms with E-state index in [1.165, 1.54) is 0 Å². The lowest BCUT2D eigenvalue weighted by molar-refractivity contribution is 0.00578. The predicted molar refractivity (Wildman–Crippen MR) is 99.1 cm³/mol. The Morgan fingerprint density at radius 1 is 0.920 bits per heavy atom. The highest BCUT2D eigenvalue weighted by Gasteiger charge is 2.58. The molecule has 2 aliphatic heterocycles. The molecule has 1 aromatic carbocycles. The van der Waals surface area contributed by atoms with Crippen LogP contribution in [0.1, 0.15) is 47.1 Å². The lowest BCUT2D eigenvalue weighted by Gasteiger charge is -2.32. The van der Waals surface area contributed by atoms with Crippen molar-refractivity contribution >= 4 is 19.7 Å². The van der Waals surface area contributed by atoms with Gasteiger partial charge < -0.3 is 23.7 Å². The monoisotopic (exact) mass is 344 g/mol. The van der Waals surface area contributed by atoms with E-state index >= 15 is 0 Å². The zero-order valence-electron chi connectivity index (χ0n) is 16.0. The molecule has 0 aromatic heterocycles. The third-order valence-electron chi connectivity index (χ3n) is 5.48. The second-order valence-corrected chi connectivity index (χ2v) is 8.10. The Balaban J connectivity index is 2.16. The van der Waals surface area contributed by atoms with Crippen LogP contribution >= 0.6 is 0 Å². The van der Waals surface area contributed by atoms with E-state index in [-0.39, 0.29) is 0 Å². The van der Waals surface area contributed by atoms with E-state index in [9.17, 15) is 5.02 Å². The summed E-state index contributed by atoms with van der Waals surface area (Å²) in [5, 5.41) is 10.6. The second kappa shape index (κ2) is 5.88. The topological polar surface area (TPSA) is 57.2 Å². The summed E-state index contributed by atoms with van der Waals surface area (Å²) in [6.07, 6.45) is 0. The molecule has 0 saturated carbocycles. The normalized spacial score (nSPS) is 24.2. The summed E-state index contributed by atoms with van der Waals surface area (Å²) in [4.78, 5) is 0. The van der Waals surface area contributed by atoms with Crippen LogP contribution in [0.5, 0.6) is 5.75 Å². The molecule has 0 radical (unpaired) electrons. The maximum absolute atomic E-state index is 10.6. The molecule has 2 heterocycles. The van der Waals surface area contributed by atoms with Crippen LogP contribution in [0.15, 0.2) is 29.7 Å². The summed E-state index contributed by atoms with van der Waals surface area (Å²) in [5.41, 5.74) is 0.564. The average molecular weight is 344 g/mol. The zero-order valence-corrected chi connectivity index (χ0v) is 16.0. The maximum atomic E-state index is 10.6. The molecule has 1 N–H and O–H groups in total. The standard InChI is InChI=1S/C18H26B2O5/c1-16(2)15(20-24-17(3,4)18(5,6)25-20)14(19(21)23-16)12-10-8-9-11-13(12)22-7/h8-11,21H,1-7H3. The fourth-order valence-corrected chi connectivity index (χ4v) is 3.38. The SMILES string of the molecule is COc1ccccc1C1=C(B2OC(C)(C)C(C)(C)O2)C(C)(C)OB1O. The number of hydrogen-bond donors (Lipinski definition) is 1. The molecule has 0 aliphatic carbocycles. The summed E-state index contributed by atoms with van der Waals surface area (Å²) in [5.74, 6) is 0.673. The molecule has 0 atom stereocenters. The van der Waals surface area contributed by atoms with Crippen molar-refractivity contribution < 1.29 is 23.7 Å². The molecular weight excluding hydrogens is 318 g/mol.